The SMILES string of the molecule is CCCC=CC=COC=CC=CCCC. The molecule has 0 heterocycles. The Hall–Kier alpha value is -1.24. The van der Waals surface area contributed by atoms with E-state index in [9.17, 15) is 0 Å². The van der Waals surface area contributed by atoms with Gasteiger partial charge >= 0.3 is 0 Å². The second-order valence-corrected chi connectivity index (χ2v) is 3.23. The predicted octanol–water partition coefficient (Wildman–Crippen LogP) is 4.74. The van der Waals surface area contributed by atoms with Crippen LogP contribution in [0.4, 0.5) is 0 Å². The number of ether oxygens (including phenoxy) is 1. The molecule has 1 nitrogen and oxygen atoms in total. The highest BCUT2D eigenvalue weighted by atomic mass is 16.5. The summed E-state index contributed by atoms with van der Waals surface area (Å²) in [5, 5.41) is 0. The van der Waals surface area contributed by atoms with Crippen molar-refractivity contribution in [2.24, 2.45) is 0 Å². The molecule has 0 aromatic carbocycles. The number of hydrogen-bond donors (Lipinski definition) is 0. The molecule has 84 valence electrons. The molecule has 0 saturated heterocycles. The zero-order valence-electron chi connectivity index (χ0n) is 9.86. The van der Waals surface area contributed by atoms with Gasteiger partial charge < -0.3 is 4.74 Å². The number of allylic oxidation sites excluding steroid dienone is 6. The van der Waals surface area contributed by atoms with Crippen LogP contribution in [0.25, 0.3) is 0 Å². The van der Waals surface area contributed by atoms with E-state index in [1.165, 1.54) is 12.8 Å². The molecule has 0 spiro atoms. The van der Waals surface area contributed by atoms with E-state index in [4.69, 9.17) is 4.74 Å². The first-order valence-corrected chi connectivity index (χ1v) is 5.70. The van der Waals surface area contributed by atoms with Crippen LogP contribution in [0, 0.1) is 0 Å². The van der Waals surface area contributed by atoms with E-state index in [0.717, 1.165) is 12.8 Å². The molecule has 0 aromatic heterocycles. The minimum Gasteiger partial charge on any atom is -0.473 e. The monoisotopic (exact) mass is 206 g/mol. The Morgan fingerprint density at radius 3 is 1.60 bits per heavy atom. The molecule has 0 unspecified atom stereocenters. The van der Waals surface area contributed by atoms with Crippen LogP contribution in [-0.2, 0) is 4.74 Å². The van der Waals surface area contributed by atoms with Crippen LogP contribution in [0.3, 0.4) is 0 Å². The van der Waals surface area contributed by atoms with Crippen LogP contribution < -0.4 is 0 Å². The van der Waals surface area contributed by atoms with Crippen molar-refractivity contribution < 1.29 is 4.74 Å². The van der Waals surface area contributed by atoms with Crippen LogP contribution in [0.5, 0.6) is 0 Å². The van der Waals surface area contributed by atoms with Gasteiger partial charge in [-0.3, -0.25) is 0 Å². The molecule has 0 aliphatic heterocycles. The maximum atomic E-state index is 5.13. The van der Waals surface area contributed by atoms with E-state index in [1.807, 2.05) is 24.3 Å². The first-order chi connectivity index (χ1) is 7.41. The average Bonchev–Trinajstić information content (AvgIpc) is 2.26. The fourth-order valence-electron chi connectivity index (χ4n) is 0.910. The third-order valence-corrected chi connectivity index (χ3v) is 1.72. The van der Waals surface area contributed by atoms with Crippen molar-refractivity contribution in [1.29, 1.82) is 0 Å². The van der Waals surface area contributed by atoms with E-state index in [2.05, 4.69) is 26.0 Å². The molecule has 0 fully saturated rings. The molecular formula is C14H22O. The van der Waals surface area contributed by atoms with Gasteiger partial charge in [-0.15, -0.1) is 0 Å². The van der Waals surface area contributed by atoms with Gasteiger partial charge in [0.2, 0.25) is 0 Å². The largest absolute Gasteiger partial charge is 0.473 e. The molecule has 0 saturated carbocycles. The van der Waals surface area contributed by atoms with Crippen LogP contribution in [0.15, 0.2) is 49.0 Å². The number of unbranched alkanes of at least 4 members (excludes halogenated alkanes) is 2. The van der Waals surface area contributed by atoms with Crippen LogP contribution in [0.2, 0.25) is 0 Å². The Labute approximate surface area is 93.8 Å². The summed E-state index contributed by atoms with van der Waals surface area (Å²) in [4.78, 5) is 0. The van der Waals surface area contributed by atoms with Gasteiger partial charge in [-0.25, -0.2) is 0 Å². The molecule has 0 aliphatic rings. The molecule has 0 radical (unpaired) electrons. The van der Waals surface area contributed by atoms with E-state index < -0.39 is 0 Å². The Morgan fingerprint density at radius 1 is 0.733 bits per heavy atom. The fourth-order valence-corrected chi connectivity index (χ4v) is 0.910. The van der Waals surface area contributed by atoms with Crippen LogP contribution in [0.1, 0.15) is 39.5 Å². The Bertz CT molecular complexity index is 197. The lowest BCUT2D eigenvalue weighted by atomic mass is 10.3. The summed E-state index contributed by atoms with van der Waals surface area (Å²) in [6.07, 6.45) is 20.0. The molecule has 15 heavy (non-hydrogen) atoms. The van der Waals surface area contributed by atoms with Crippen molar-refractivity contribution in [2.75, 3.05) is 0 Å². The maximum absolute atomic E-state index is 5.13. The van der Waals surface area contributed by atoms with Gasteiger partial charge in [-0.1, -0.05) is 51.0 Å². The molecular weight excluding hydrogens is 184 g/mol. The summed E-state index contributed by atoms with van der Waals surface area (Å²) >= 11 is 0. The summed E-state index contributed by atoms with van der Waals surface area (Å²) in [5.41, 5.74) is 0. The lowest BCUT2D eigenvalue weighted by molar-refractivity contribution is 0.403. The normalized spacial score (nSPS) is 12.7. The van der Waals surface area contributed by atoms with Gasteiger partial charge in [0.25, 0.3) is 0 Å². The van der Waals surface area contributed by atoms with Crippen molar-refractivity contribution in [2.45, 2.75) is 39.5 Å². The summed E-state index contributed by atoms with van der Waals surface area (Å²) in [6, 6.07) is 0. The van der Waals surface area contributed by atoms with Gasteiger partial charge in [-0.05, 0) is 25.0 Å². The summed E-state index contributed by atoms with van der Waals surface area (Å²) in [7, 11) is 0. The standard InChI is InChI=1S/C14H22O/c1-3-5-7-9-11-13-15-14-12-10-8-6-4-2/h7-14H,3-6H2,1-2H3. The van der Waals surface area contributed by atoms with Crippen molar-refractivity contribution in [3.8, 4) is 0 Å². The second-order valence-electron chi connectivity index (χ2n) is 3.23. The van der Waals surface area contributed by atoms with E-state index in [1.54, 1.807) is 12.5 Å². The van der Waals surface area contributed by atoms with Gasteiger partial charge in [0.05, 0.1) is 12.5 Å². The highest BCUT2D eigenvalue weighted by Gasteiger charge is 1.71. The number of hydrogen-bond acceptors (Lipinski definition) is 1. The summed E-state index contributed by atoms with van der Waals surface area (Å²) < 4.78 is 5.13. The zero-order chi connectivity index (χ0) is 11.2. The molecule has 1 heteroatoms. The van der Waals surface area contributed by atoms with E-state index >= 15 is 0 Å². The Balaban J connectivity index is 3.43. The van der Waals surface area contributed by atoms with E-state index in [-0.39, 0.29) is 0 Å². The minimum atomic E-state index is 1.12. The third kappa shape index (κ3) is 12.8. The van der Waals surface area contributed by atoms with Gasteiger partial charge in [0, 0.05) is 0 Å². The molecule has 0 bridgehead atoms. The Kier molecular flexibility index (Phi) is 11.7. The lowest BCUT2D eigenvalue weighted by Gasteiger charge is -1.86. The highest BCUT2D eigenvalue weighted by molar-refractivity contribution is 5.02. The minimum absolute atomic E-state index is 1.12. The van der Waals surface area contributed by atoms with Crippen molar-refractivity contribution in [3.63, 3.8) is 0 Å². The van der Waals surface area contributed by atoms with Crippen molar-refractivity contribution in [3.05, 3.63) is 49.0 Å². The number of rotatable bonds is 8. The molecule has 0 atom stereocenters. The second kappa shape index (κ2) is 12.8. The molecule has 0 amide bonds. The van der Waals surface area contributed by atoms with E-state index in [0.29, 0.717) is 0 Å². The maximum Gasteiger partial charge on any atom is 0.0901 e. The molecule has 0 N–H and O–H groups in total. The van der Waals surface area contributed by atoms with Crippen LogP contribution in [-0.4, -0.2) is 0 Å². The first-order valence-electron chi connectivity index (χ1n) is 5.70. The van der Waals surface area contributed by atoms with Crippen molar-refractivity contribution in [1.82, 2.24) is 0 Å². The highest BCUT2D eigenvalue weighted by Crippen LogP contribution is 1.91. The average molecular weight is 206 g/mol. The van der Waals surface area contributed by atoms with Gasteiger partial charge in [0.1, 0.15) is 0 Å². The molecule has 0 aliphatic carbocycles. The van der Waals surface area contributed by atoms with Crippen molar-refractivity contribution >= 4 is 0 Å². The van der Waals surface area contributed by atoms with Crippen LogP contribution >= 0.6 is 0 Å². The zero-order valence-corrected chi connectivity index (χ0v) is 9.86. The lowest BCUT2D eigenvalue weighted by Crippen LogP contribution is -1.64. The smallest absolute Gasteiger partial charge is 0.0901 e. The molecule has 0 aromatic rings. The first kappa shape index (κ1) is 13.8. The topological polar surface area (TPSA) is 9.23 Å². The van der Waals surface area contributed by atoms with Gasteiger partial charge in [0.15, 0.2) is 0 Å². The Morgan fingerprint density at radius 2 is 1.20 bits per heavy atom. The summed E-state index contributed by atoms with van der Waals surface area (Å²) in [5.74, 6) is 0. The molecule has 0 rings (SSSR count). The third-order valence-electron chi connectivity index (χ3n) is 1.72. The van der Waals surface area contributed by atoms with Gasteiger partial charge in [-0.2, -0.15) is 0 Å². The summed E-state index contributed by atoms with van der Waals surface area (Å²) in [6.45, 7) is 4.33. The quantitative estimate of drug-likeness (QED) is 0.411. The predicted molar refractivity (Wildman–Crippen MR) is 67.5 cm³/mol. The fraction of sp³-hybridized carbons (Fsp3) is 0.429.